The van der Waals surface area contributed by atoms with Gasteiger partial charge in [0, 0.05) is 25.7 Å². The summed E-state index contributed by atoms with van der Waals surface area (Å²) in [6, 6.07) is 0.224. The fourth-order valence-electron chi connectivity index (χ4n) is 3.00. The first-order valence-electron chi connectivity index (χ1n) is 6.51. The second kappa shape index (κ2) is 5.59. The van der Waals surface area contributed by atoms with Crippen LogP contribution in [0.4, 0.5) is 8.78 Å². The molecule has 0 aromatic heterocycles. The molecule has 3 nitrogen and oxygen atoms in total. The van der Waals surface area contributed by atoms with E-state index in [1.54, 1.807) is 0 Å². The molecule has 1 atom stereocenters. The van der Waals surface area contributed by atoms with Crippen LogP contribution >= 0.6 is 0 Å². The molecule has 1 saturated carbocycles. The molecule has 2 N–H and O–H groups in total. The maximum absolute atomic E-state index is 12.5. The van der Waals surface area contributed by atoms with E-state index in [-0.39, 0.29) is 18.2 Å². The number of ether oxygens (including phenoxy) is 1. The minimum atomic E-state index is -2.28. The van der Waals surface area contributed by atoms with Crippen molar-refractivity contribution in [2.75, 3.05) is 26.2 Å². The summed E-state index contributed by atoms with van der Waals surface area (Å²) in [4.78, 5) is 1.85. The van der Waals surface area contributed by atoms with E-state index in [2.05, 4.69) is 0 Å². The van der Waals surface area contributed by atoms with Gasteiger partial charge in [-0.15, -0.1) is 0 Å². The van der Waals surface area contributed by atoms with E-state index < -0.39 is 6.43 Å². The lowest BCUT2D eigenvalue weighted by atomic mass is 9.73. The van der Waals surface area contributed by atoms with Crippen molar-refractivity contribution in [2.45, 2.75) is 50.2 Å². The van der Waals surface area contributed by atoms with E-state index in [0.29, 0.717) is 19.7 Å². The largest absolute Gasteiger partial charge is 0.375 e. The normalized spacial score (nSPS) is 27.7. The number of alkyl halides is 2. The Morgan fingerprint density at radius 2 is 2.18 bits per heavy atom. The minimum absolute atomic E-state index is 0.0118. The van der Waals surface area contributed by atoms with Gasteiger partial charge in [-0.2, -0.15) is 0 Å². The summed E-state index contributed by atoms with van der Waals surface area (Å²) in [7, 11) is 0. The molecule has 17 heavy (non-hydrogen) atoms. The molecule has 2 rings (SSSR count). The predicted molar refractivity (Wildman–Crippen MR) is 62.2 cm³/mol. The predicted octanol–water partition coefficient (Wildman–Crippen LogP) is 1.61. The summed E-state index contributed by atoms with van der Waals surface area (Å²) < 4.78 is 30.9. The Morgan fingerprint density at radius 1 is 1.41 bits per heavy atom. The molecule has 0 aromatic rings. The van der Waals surface area contributed by atoms with Gasteiger partial charge in [-0.05, 0) is 32.1 Å². The van der Waals surface area contributed by atoms with Gasteiger partial charge in [0.15, 0.2) is 0 Å². The molecule has 2 fully saturated rings. The summed E-state index contributed by atoms with van der Waals surface area (Å²) in [6.07, 6.45) is 2.87. The molecule has 1 heterocycles. The van der Waals surface area contributed by atoms with Crippen LogP contribution in [0.5, 0.6) is 0 Å². The van der Waals surface area contributed by atoms with Crippen molar-refractivity contribution < 1.29 is 13.5 Å². The second-order valence-corrected chi connectivity index (χ2v) is 5.21. The zero-order chi connectivity index (χ0) is 12.3. The standard InChI is InChI=1S/C12H22F2N2O/c13-11(14)9-16(6-5-15)10-2-7-17-12(8-10)3-1-4-12/h10-11H,1-9,15H2. The van der Waals surface area contributed by atoms with Crippen molar-refractivity contribution in [3.8, 4) is 0 Å². The molecule has 1 spiro atoms. The van der Waals surface area contributed by atoms with Gasteiger partial charge in [0.1, 0.15) is 0 Å². The van der Waals surface area contributed by atoms with Crippen LogP contribution in [0, 0.1) is 0 Å². The molecule has 0 bridgehead atoms. The fraction of sp³-hybridized carbons (Fsp3) is 1.00. The van der Waals surface area contributed by atoms with Crippen LogP contribution in [0.2, 0.25) is 0 Å². The molecule has 100 valence electrons. The van der Waals surface area contributed by atoms with Gasteiger partial charge in [0.05, 0.1) is 12.1 Å². The number of nitrogens with two attached hydrogens (primary N) is 1. The van der Waals surface area contributed by atoms with Crippen molar-refractivity contribution in [1.82, 2.24) is 4.90 Å². The molecular formula is C12H22F2N2O. The number of hydrogen-bond acceptors (Lipinski definition) is 3. The average molecular weight is 248 g/mol. The van der Waals surface area contributed by atoms with Crippen LogP contribution in [0.3, 0.4) is 0 Å². The smallest absolute Gasteiger partial charge is 0.251 e. The maximum atomic E-state index is 12.5. The van der Waals surface area contributed by atoms with Gasteiger partial charge < -0.3 is 10.5 Å². The van der Waals surface area contributed by atoms with Crippen LogP contribution < -0.4 is 5.73 Å². The Bertz CT molecular complexity index is 247. The zero-order valence-corrected chi connectivity index (χ0v) is 10.2. The highest BCUT2D eigenvalue weighted by Gasteiger charge is 2.43. The van der Waals surface area contributed by atoms with E-state index in [1.165, 1.54) is 6.42 Å². The van der Waals surface area contributed by atoms with Crippen LogP contribution in [0.25, 0.3) is 0 Å². The van der Waals surface area contributed by atoms with Gasteiger partial charge in [0.25, 0.3) is 6.43 Å². The van der Waals surface area contributed by atoms with E-state index >= 15 is 0 Å². The topological polar surface area (TPSA) is 38.5 Å². The van der Waals surface area contributed by atoms with E-state index in [9.17, 15) is 8.78 Å². The van der Waals surface area contributed by atoms with Crippen molar-refractivity contribution in [2.24, 2.45) is 5.73 Å². The monoisotopic (exact) mass is 248 g/mol. The SMILES string of the molecule is NCCN(CC(F)F)C1CCOC2(CCC2)C1. The molecule has 2 aliphatic rings. The molecule has 1 aliphatic carbocycles. The highest BCUT2D eigenvalue weighted by atomic mass is 19.3. The Morgan fingerprint density at radius 3 is 2.71 bits per heavy atom. The lowest BCUT2D eigenvalue weighted by Gasteiger charge is -2.49. The molecule has 1 unspecified atom stereocenters. The van der Waals surface area contributed by atoms with Crippen molar-refractivity contribution in [3.63, 3.8) is 0 Å². The number of hydrogen-bond donors (Lipinski definition) is 1. The van der Waals surface area contributed by atoms with Crippen molar-refractivity contribution in [3.05, 3.63) is 0 Å². The second-order valence-electron chi connectivity index (χ2n) is 5.21. The third-order valence-electron chi connectivity index (χ3n) is 4.04. The number of rotatable bonds is 5. The Kier molecular flexibility index (Phi) is 4.33. The first-order valence-corrected chi connectivity index (χ1v) is 6.51. The highest BCUT2D eigenvalue weighted by Crippen LogP contribution is 2.43. The van der Waals surface area contributed by atoms with Crippen LogP contribution in [-0.4, -0.2) is 49.2 Å². The molecule has 1 aliphatic heterocycles. The third-order valence-corrected chi connectivity index (χ3v) is 4.04. The van der Waals surface area contributed by atoms with Gasteiger partial charge in [-0.25, -0.2) is 8.78 Å². The lowest BCUT2D eigenvalue weighted by Crippen LogP contribution is -2.53. The Balaban J connectivity index is 1.92. The lowest BCUT2D eigenvalue weighted by molar-refractivity contribution is -0.150. The summed E-state index contributed by atoms with van der Waals surface area (Å²) in [5.41, 5.74) is 5.52. The Hall–Kier alpha value is -0.260. The van der Waals surface area contributed by atoms with Crippen LogP contribution in [-0.2, 0) is 4.74 Å². The first kappa shape index (κ1) is 13.2. The van der Waals surface area contributed by atoms with Gasteiger partial charge in [0.2, 0.25) is 0 Å². The molecule has 0 amide bonds. The molecule has 0 aromatic carbocycles. The summed E-state index contributed by atoms with van der Waals surface area (Å²) in [5, 5.41) is 0. The first-order chi connectivity index (χ1) is 8.15. The van der Waals surface area contributed by atoms with Gasteiger partial charge in [-0.3, -0.25) is 4.90 Å². The van der Waals surface area contributed by atoms with Crippen molar-refractivity contribution >= 4 is 0 Å². The zero-order valence-electron chi connectivity index (χ0n) is 10.2. The van der Waals surface area contributed by atoms with Crippen LogP contribution in [0.1, 0.15) is 32.1 Å². The number of halogens is 2. The van der Waals surface area contributed by atoms with Gasteiger partial charge >= 0.3 is 0 Å². The van der Waals surface area contributed by atoms with E-state index in [0.717, 1.165) is 25.7 Å². The molecule has 0 radical (unpaired) electrons. The summed E-state index contributed by atoms with van der Waals surface area (Å²) >= 11 is 0. The van der Waals surface area contributed by atoms with Gasteiger partial charge in [-0.1, -0.05) is 0 Å². The van der Waals surface area contributed by atoms with E-state index in [4.69, 9.17) is 10.5 Å². The summed E-state index contributed by atoms with van der Waals surface area (Å²) in [5.74, 6) is 0. The molecule has 1 saturated heterocycles. The minimum Gasteiger partial charge on any atom is -0.375 e. The molecule has 5 heteroatoms. The molecular weight excluding hydrogens is 226 g/mol. The quantitative estimate of drug-likeness (QED) is 0.803. The van der Waals surface area contributed by atoms with Crippen molar-refractivity contribution in [1.29, 1.82) is 0 Å². The maximum Gasteiger partial charge on any atom is 0.251 e. The third kappa shape index (κ3) is 3.14. The fourth-order valence-corrected chi connectivity index (χ4v) is 3.00. The number of nitrogens with zero attached hydrogens (tertiary/aromatic N) is 1. The highest BCUT2D eigenvalue weighted by molar-refractivity contribution is 4.96. The van der Waals surface area contributed by atoms with Crippen LogP contribution in [0.15, 0.2) is 0 Å². The Labute approximate surface area is 101 Å². The summed E-state index contributed by atoms with van der Waals surface area (Å²) in [6.45, 7) is 1.55. The van der Waals surface area contributed by atoms with E-state index in [1.807, 2.05) is 4.90 Å². The average Bonchev–Trinajstić information content (AvgIpc) is 2.26.